The van der Waals surface area contributed by atoms with E-state index in [1.807, 2.05) is 25.1 Å². The zero-order valence-electron chi connectivity index (χ0n) is 18.5. The summed E-state index contributed by atoms with van der Waals surface area (Å²) in [7, 11) is -3.23. The van der Waals surface area contributed by atoms with Crippen LogP contribution in [0.1, 0.15) is 18.5 Å². The molecule has 0 spiro atoms. The van der Waals surface area contributed by atoms with E-state index in [1.165, 1.54) is 6.26 Å². The van der Waals surface area contributed by atoms with Gasteiger partial charge >= 0.3 is 11.9 Å². The highest BCUT2D eigenvalue weighted by atomic mass is 35.5. The van der Waals surface area contributed by atoms with Crippen molar-refractivity contribution in [3.63, 3.8) is 0 Å². The molecule has 3 aromatic rings. The van der Waals surface area contributed by atoms with Crippen LogP contribution < -0.4 is 5.73 Å². The maximum absolute atomic E-state index is 11.6. The van der Waals surface area contributed by atoms with Crippen molar-refractivity contribution in [1.29, 1.82) is 0 Å². The number of nitrogens with zero attached hydrogens (tertiary/aromatic N) is 2. The van der Waals surface area contributed by atoms with Gasteiger partial charge in [0, 0.05) is 41.9 Å². The van der Waals surface area contributed by atoms with Crippen molar-refractivity contribution < 1.29 is 28.2 Å². The molecule has 2 heterocycles. The Morgan fingerprint density at radius 3 is 2.15 bits per heavy atom. The number of aliphatic carboxylic acids is 2. The molecule has 1 aromatic carbocycles. The zero-order chi connectivity index (χ0) is 25.5. The molecule has 0 saturated heterocycles. The number of benzene rings is 1. The van der Waals surface area contributed by atoms with Gasteiger partial charge in [0.25, 0.3) is 0 Å². The summed E-state index contributed by atoms with van der Waals surface area (Å²) in [5.74, 6) is -2.20. The Labute approximate surface area is 202 Å². The first kappa shape index (κ1) is 26.9. The Morgan fingerprint density at radius 1 is 1.03 bits per heavy atom. The Morgan fingerprint density at radius 2 is 1.65 bits per heavy atom. The van der Waals surface area contributed by atoms with E-state index in [-0.39, 0.29) is 17.7 Å². The number of carboxylic acids is 2. The number of carbonyl (C=O) groups is 2. The fourth-order valence-corrected chi connectivity index (χ4v) is 3.57. The van der Waals surface area contributed by atoms with E-state index in [1.54, 1.807) is 36.7 Å². The minimum Gasteiger partial charge on any atom is -0.481 e. The first-order valence-electron chi connectivity index (χ1n) is 9.97. The lowest BCUT2D eigenvalue weighted by Crippen LogP contribution is -2.30. The van der Waals surface area contributed by atoms with Gasteiger partial charge in [-0.2, -0.15) is 0 Å². The number of hydrogen-bond acceptors (Lipinski definition) is 7. The molecule has 11 heteroatoms. The lowest BCUT2D eigenvalue weighted by atomic mass is 10.0. The average Bonchev–Trinajstić information content (AvgIpc) is 2.78. The maximum Gasteiger partial charge on any atom is 0.320 e. The van der Waals surface area contributed by atoms with Crippen molar-refractivity contribution in [3.8, 4) is 22.4 Å². The molecule has 0 fully saturated rings. The number of halogens is 1. The number of carboxylic acid groups (broad SMARTS) is 2. The topological polar surface area (TPSA) is 161 Å². The number of aryl methyl sites for hydroxylation is 1. The number of pyridine rings is 2. The van der Waals surface area contributed by atoms with Gasteiger partial charge in [0.05, 0.1) is 15.6 Å². The largest absolute Gasteiger partial charge is 0.481 e. The molecule has 4 N–H and O–H groups in total. The molecule has 34 heavy (non-hydrogen) atoms. The van der Waals surface area contributed by atoms with Gasteiger partial charge < -0.3 is 15.9 Å². The van der Waals surface area contributed by atoms with Gasteiger partial charge in [-0.05, 0) is 49.2 Å². The molecule has 0 bridgehead atoms. The van der Waals surface area contributed by atoms with Crippen molar-refractivity contribution in [3.05, 3.63) is 65.6 Å². The van der Waals surface area contributed by atoms with E-state index in [0.29, 0.717) is 5.02 Å². The standard InChI is InChI=1S/C18H15ClN2O2S.C5H9NO4/c1-12-3-4-14(10-20-12)18-17(9-15(19)11-21-18)13-5-7-16(8-6-13)24(2,22)23;6-3(5(9)10)1-2-4(7)8/h3-11H,1-2H3;3H,1-2,6H2,(H,7,8)(H,9,10)/t;3-/m.0/s1. The van der Waals surface area contributed by atoms with Crippen molar-refractivity contribution in [2.45, 2.75) is 30.7 Å². The highest BCUT2D eigenvalue weighted by molar-refractivity contribution is 7.90. The third kappa shape index (κ3) is 7.91. The van der Waals surface area contributed by atoms with Crippen LogP contribution in [0, 0.1) is 6.92 Å². The number of hydrogen-bond donors (Lipinski definition) is 3. The second kappa shape index (κ2) is 11.7. The normalized spacial score (nSPS) is 11.8. The first-order chi connectivity index (χ1) is 15.9. The Kier molecular flexibility index (Phi) is 9.25. The monoisotopic (exact) mass is 505 g/mol. The van der Waals surface area contributed by atoms with Gasteiger partial charge in [-0.15, -0.1) is 0 Å². The predicted octanol–water partition coefficient (Wildman–Crippen LogP) is 3.44. The summed E-state index contributed by atoms with van der Waals surface area (Å²) >= 11 is 6.11. The van der Waals surface area contributed by atoms with Gasteiger partial charge in [0.15, 0.2) is 9.84 Å². The first-order valence-corrected chi connectivity index (χ1v) is 12.2. The van der Waals surface area contributed by atoms with Crippen molar-refractivity contribution in [1.82, 2.24) is 9.97 Å². The van der Waals surface area contributed by atoms with Crippen LogP contribution in [-0.2, 0) is 19.4 Å². The van der Waals surface area contributed by atoms with E-state index in [4.69, 9.17) is 27.5 Å². The molecule has 0 aliphatic carbocycles. The van der Waals surface area contributed by atoms with E-state index in [2.05, 4.69) is 9.97 Å². The van der Waals surface area contributed by atoms with Crippen LogP contribution in [0.5, 0.6) is 0 Å². The molecular formula is C23H24ClN3O6S. The van der Waals surface area contributed by atoms with Crippen molar-refractivity contribution in [2.24, 2.45) is 5.73 Å². The van der Waals surface area contributed by atoms with Gasteiger partial charge in [-0.1, -0.05) is 23.7 Å². The smallest absolute Gasteiger partial charge is 0.320 e. The molecule has 3 rings (SSSR count). The Balaban J connectivity index is 0.000000347. The molecule has 0 saturated carbocycles. The lowest BCUT2D eigenvalue weighted by molar-refractivity contribution is -0.139. The van der Waals surface area contributed by atoms with E-state index in [0.717, 1.165) is 28.1 Å². The van der Waals surface area contributed by atoms with Crippen molar-refractivity contribution >= 4 is 33.4 Å². The second-order valence-corrected chi connectivity index (χ2v) is 9.86. The van der Waals surface area contributed by atoms with Gasteiger partial charge in [-0.25, -0.2) is 8.42 Å². The fourth-order valence-electron chi connectivity index (χ4n) is 2.78. The van der Waals surface area contributed by atoms with Gasteiger partial charge in [-0.3, -0.25) is 19.6 Å². The van der Waals surface area contributed by atoms with Crippen LogP contribution in [0.4, 0.5) is 0 Å². The number of rotatable bonds is 7. The zero-order valence-corrected chi connectivity index (χ0v) is 20.0. The maximum atomic E-state index is 11.6. The quantitative estimate of drug-likeness (QED) is 0.436. The number of aromatic nitrogens is 2. The van der Waals surface area contributed by atoms with Crippen LogP contribution in [0.25, 0.3) is 22.4 Å². The second-order valence-electron chi connectivity index (χ2n) is 7.41. The summed E-state index contributed by atoms with van der Waals surface area (Å²) in [6, 6.07) is 11.3. The number of nitrogens with two attached hydrogens (primary N) is 1. The molecular weight excluding hydrogens is 482 g/mol. The highest BCUT2D eigenvalue weighted by Crippen LogP contribution is 2.32. The third-order valence-corrected chi connectivity index (χ3v) is 5.95. The van der Waals surface area contributed by atoms with Crippen LogP contribution >= 0.6 is 11.6 Å². The van der Waals surface area contributed by atoms with Crippen molar-refractivity contribution in [2.75, 3.05) is 6.26 Å². The molecule has 1 atom stereocenters. The summed E-state index contributed by atoms with van der Waals surface area (Å²) in [4.78, 5) is 28.9. The molecule has 0 aliphatic heterocycles. The van der Waals surface area contributed by atoms with Crippen LogP contribution in [0.3, 0.4) is 0 Å². The molecule has 180 valence electrons. The van der Waals surface area contributed by atoms with E-state index < -0.39 is 27.8 Å². The summed E-state index contributed by atoms with van der Waals surface area (Å²) < 4.78 is 23.2. The Bertz CT molecular complexity index is 1260. The van der Waals surface area contributed by atoms with Crippen LogP contribution in [0.2, 0.25) is 5.02 Å². The Hall–Kier alpha value is -3.34. The summed E-state index contributed by atoms with van der Waals surface area (Å²) in [5, 5.41) is 16.8. The summed E-state index contributed by atoms with van der Waals surface area (Å²) in [5.41, 5.74) is 9.22. The minimum absolute atomic E-state index is 0.0231. The van der Waals surface area contributed by atoms with Gasteiger partial charge in [0.2, 0.25) is 0 Å². The van der Waals surface area contributed by atoms with E-state index >= 15 is 0 Å². The molecule has 0 radical (unpaired) electrons. The molecule has 0 unspecified atom stereocenters. The average molecular weight is 506 g/mol. The molecule has 2 aromatic heterocycles. The highest BCUT2D eigenvalue weighted by Gasteiger charge is 2.13. The SMILES string of the molecule is Cc1ccc(-c2ncc(Cl)cc2-c2ccc(S(C)(=O)=O)cc2)cn1.N[C@@H](CCC(=O)O)C(=O)O. The van der Waals surface area contributed by atoms with Crippen LogP contribution in [-0.4, -0.2) is 52.8 Å². The molecule has 9 nitrogen and oxygen atoms in total. The fraction of sp³-hybridized carbons (Fsp3) is 0.217. The predicted molar refractivity (Wildman–Crippen MR) is 128 cm³/mol. The lowest BCUT2D eigenvalue weighted by Gasteiger charge is -2.10. The number of sulfone groups is 1. The summed E-state index contributed by atoms with van der Waals surface area (Å²) in [6.45, 7) is 1.92. The molecule has 0 amide bonds. The minimum atomic E-state index is -3.23. The van der Waals surface area contributed by atoms with E-state index in [9.17, 15) is 18.0 Å². The third-order valence-electron chi connectivity index (χ3n) is 4.62. The van der Waals surface area contributed by atoms with Crippen LogP contribution in [0.15, 0.2) is 59.8 Å². The summed E-state index contributed by atoms with van der Waals surface area (Å²) in [6.07, 6.45) is 4.32. The van der Waals surface area contributed by atoms with Gasteiger partial charge in [0.1, 0.15) is 6.04 Å². The molecule has 0 aliphatic rings.